The van der Waals surface area contributed by atoms with Crippen LogP contribution in [0.3, 0.4) is 0 Å². The first kappa shape index (κ1) is 13.7. The van der Waals surface area contributed by atoms with Gasteiger partial charge < -0.3 is 10.0 Å². The Morgan fingerprint density at radius 3 is 2.65 bits per heavy atom. The van der Waals surface area contributed by atoms with Gasteiger partial charge in [0, 0.05) is 13.5 Å². The van der Waals surface area contributed by atoms with E-state index in [1.165, 1.54) is 11.3 Å². The lowest BCUT2D eigenvalue weighted by Crippen LogP contribution is -2.42. The highest BCUT2D eigenvalue weighted by atomic mass is 16.4. The van der Waals surface area contributed by atoms with Crippen LogP contribution >= 0.6 is 0 Å². The largest absolute Gasteiger partial charge is 0.480 e. The smallest absolute Gasteiger partial charge is 0.326 e. The Balaban J connectivity index is 2.56. The summed E-state index contributed by atoms with van der Waals surface area (Å²) in [5.41, 5.74) is 1.16. The fourth-order valence-electron chi connectivity index (χ4n) is 2.17. The van der Waals surface area contributed by atoms with E-state index >= 15 is 0 Å². The third-order valence-electron chi connectivity index (χ3n) is 3.30. The Hall–Kier alpha value is -1.32. The quantitative estimate of drug-likeness (QED) is 0.748. The molecule has 1 aliphatic rings. The minimum Gasteiger partial charge on any atom is -0.480 e. The zero-order chi connectivity index (χ0) is 12.8. The van der Waals surface area contributed by atoms with Gasteiger partial charge >= 0.3 is 5.97 Å². The number of hydrogen-bond donors (Lipinski definition) is 1. The summed E-state index contributed by atoms with van der Waals surface area (Å²) in [7, 11) is 1.58. The van der Waals surface area contributed by atoms with Crippen molar-refractivity contribution in [3.8, 4) is 0 Å². The minimum atomic E-state index is -0.930. The van der Waals surface area contributed by atoms with Gasteiger partial charge in [0.15, 0.2) is 0 Å². The molecule has 1 unspecified atom stereocenters. The molecule has 0 fully saturated rings. The van der Waals surface area contributed by atoms with Gasteiger partial charge in [-0.3, -0.25) is 4.79 Å². The van der Waals surface area contributed by atoms with Gasteiger partial charge in [-0.25, -0.2) is 4.79 Å². The van der Waals surface area contributed by atoms with Crippen molar-refractivity contribution in [1.29, 1.82) is 0 Å². The lowest BCUT2D eigenvalue weighted by molar-refractivity contribution is -0.148. The normalized spacial score (nSPS) is 17.2. The maximum absolute atomic E-state index is 11.9. The molecular weight excluding hydrogens is 218 g/mol. The van der Waals surface area contributed by atoms with Crippen LogP contribution in [-0.2, 0) is 9.59 Å². The second-order valence-electron chi connectivity index (χ2n) is 4.55. The van der Waals surface area contributed by atoms with E-state index in [2.05, 4.69) is 6.08 Å². The molecule has 4 heteroatoms. The van der Waals surface area contributed by atoms with E-state index in [0.717, 1.165) is 24.8 Å². The van der Waals surface area contributed by atoms with E-state index in [1.54, 1.807) is 14.0 Å². The predicted molar refractivity (Wildman–Crippen MR) is 65.7 cm³/mol. The number of hydrogen-bond acceptors (Lipinski definition) is 2. The average Bonchev–Trinajstić information content (AvgIpc) is 2.30. The molecule has 4 nitrogen and oxygen atoms in total. The van der Waals surface area contributed by atoms with Crippen molar-refractivity contribution in [3.63, 3.8) is 0 Å². The molecule has 0 saturated carbocycles. The molecule has 0 aliphatic heterocycles. The van der Waals surface area contributed by atoms with Gasteiger partial charge in [-0.1, -0.05) is 18.6 Å². The van der Waals surface area contributed by atoms with Gasteiger partial charge in [-0.2, -0.15) is 0 Å². The molecule has 1 amide bonds. The number of nitrogens with zero attached hydrogens (tertiary/aromatic N) is 1. The van der Waals surface area contributed by atoms with Crippen molar-refractivity contribution < 1.29 is 14.7 Å². The van der Waals surface area contributed by atoms with Crippen molar-refractivity contribution in [2.45, 2.75) is 51.5 Å². The average molecular weight is 239 g/mol. The third kappa shape index (κ3) is 3.88. The van der Waals surface area contributed by atoms with Crippen LogP contribution in [0.25, 0.3) is 0 Å². The van der Waals surface area contributed by atoms with Crippen LogP contribution in [0.15, 0.2) is 11.6 Å². The first-order valence-corrected chi connectivity index (χ1v) is 6.22. The number of carboxylic acids is 1. The van der Waals surface area contributed by atoms with Crippen molar-refractivity contribution in [2.24, 2.45) is 0 Å². The first-order chi connectivity index (χ1) is 8.06. The molecular formula is C13H21NO3. The van der Waals surface area contributed by atoms with Gasteiger partial charge in [0.2, 0.25) is 5.91 Å². The van der Waals surface area contributed by atoms with Crippen LogP contribution < -0.4 is 0 Å². The fourth-order valence-corrected chi connectivity index (χ4v) is 2.17. The number of amides is 1. The molecule has 1 rings (SSSR count). The molecule has 0 saturated heterocycles. The number of aliphatic carboxylic acids is 1. The van der Waals surface area contributed by atoms with E-state index in [0.29, 0.717) is 12.8 Å². The molecule has 0 spiro atoms. The van der Waals surface area contributed by atoms with Gasteiger partial charge in [0.1, 0.15) is 6.04 Å². The minimum absolute atomic E-state index is 0.0904. The highest BCUT2D eigenvalue weighted by Crippen LogP contribution is 2.21. The Labute approximate surface area is 102 Å². The summed E-state index contributed by atoms with van der Waals surface area (Å²) in [5, 5.41) is 8.99. The molecule has 0 radical (unpaired) electrons. The molecule has 0 aromatic heterocycles. The Bertz CT molecular complexity index is 323. The van der Waals surface area contributed by atoms with Crippen molar-refractivity contribution in [2.75, 3.05) is 7.05 Å². The molecule has 0 bridgehead atoms. The van der Waals surface area contributed by atoms with Gasteiger partial charge in [0.25, 0.3) is 0 Å². The Kier molecular flexibility index (Phi) is 5.19. The van der Waals surface area contributed by atoms with Crippen molar-refractivity contribution >= 4 is 11.9 Å². The maximum Gasteiger partial charge on any atom is 0.326 e. The van der Waals surface area contributed by atoms with E-state index in [-0.39, 0.29) is 5.91 Å². The molecule has 1 atom stereocenters. The summed E-state index contributed by atoms with van der Waals surface area (Å²) in [5.74, 6) is -1.02. The zero-order valence-corrected chi connectivity index (χ0v) is 10.6. The zero-order valence-electron chi connectivity index (χ0n) is 10.6. The third-order valence-corrected chi connectivity index (χ3v) is 3.30. The predicted octanol–water partition coefficient (Wildman–Crippen LogP) is 2.20. The summed E-state index contributed by atoms with van der Waals surface area (Å²) < 4.78 is 0. The number of carbonyl (C=O) groups is 2. The SMILES string of the molecule is CCC(C(=O)O)N(C)C(=O)CC1=CCCCC1. The molecule has 1 aliphatic carbocycles. The van der Waals surface area contributed by atoms with E-state index < -0.39 is 12.0 Å². The molecule has 0 aromatic rings. The molecule has 0 aromatic carbocycles. The first-order valence-electron chi connectivity index (χ1n) is 6.22. The lowest BCUT2D eigenvalue weighted by Gasteiger charge is -2.24. The van der Waals surface area contributed by atoms with E-state index in [4.69, 9.17) is 5.11 Å². The van der Waals surface area contributed by atoms with Crippen LogP contribution in [0.2, 0.25) is 0 Å². The summed E-state index contributed by atoms with van der Waals surface area (Å²) in [4.78, 5) is 24.3. The number of allylic oxidation sites excluding steroid dienone is 1. The number of rotatable bonds is 5. The lowest BCUT2D eigenvalue weighted by atomic mass is 9.96. The van der Waals surface area contributed by atoms with Gasteiger partial charge in [-0.05, 0) is 32.1 Å². The molecule has 17 heavy (non-hydrogen) atoms. The topological polar surface area (TPSA) is 57.6 Å². The van der Waals surface area contributed by atoms with E-state index in [1.807, 2.05) is 0 Å². The van der Waals surface area contributed by atoms with Gasteiger partial charge in [-0.15, -0.1) is 0 Å². The van der Waals surface area contributed by atoms with Crippen LogP contribution in [0.4, 0.5) is 0 Å². The van der Waals surface area contributed by atoms with Gasteiger partial charge in [0.05, 0.1) is 0 Å². The molecule has 1 N–H and O–H groups in total. The number of likely N-dealkylation sites (N-methyl/N-ethyl adjacent to an activating group) is 1. The highest BCUT2D eigenvalue weighted by molar-refractivity contribution is 5.84. The number of carboxylic acid groups (broad SMARTS) is 1. The molecule has 96 valence electrons. The summed E-state index contributed by atoms with van der Waals surface area (Å²) in [6, 6.07) is -0.702. The summed E-state index contributed by atoms with van der Waals surface area (Å²) in [6.45, 7) is 1.78. The second-order valence-corrected chi connectivity index (χ2v) is 4.55. The molecule has 0 heterocycles. The summed E-state index contributed by atoms with van der Waals surface area (Å²) >= 11 is 0. The van der Waals surface area contributed by atoms with Crippen LogP contribution in [-0.4, -0.2) is 35.0 Å². The maximum atomic E-state index is 11.9. The highest BCUT2D eigenvalue weighted by Gasteiger charge is 2.25. The fraction of sp³-hybridized carbons (Fsp3) is 0.692. The van der Waals surface area contributed by atoms with Crippen LogP contribution in [0.1, 0.15) is 45.4 Å². The Morgan fingerprint density at radius 1 is 1.47 bits per heavy atom. The van der Waals surface area contributed by atoms with Crippen LogP contribution in [0, 0.1) is 0 Å². The van der Waals surface area contributed by atoms with E-state index in [9.17, 15) is 9.59 Å². The van der Waals surface area contributed by atoms with Crippen LogP contribution in [0.5, 0.6) is 0 Å². The second kappa shape index (κ2) is 6.42. The van der Waals surface area contributed by atoms with Crippen molar-refractivity contribution in [1.82, 2.24) is 4.90 Å². The van der Waals surface area contributed by atoms with Crippen molar-refractivity contribution in [3.05, 3.63) is 11.6 Å². The standard InChI is InChI=1S/C13H21NO3/c1-3-11(13(16)17)14(2)12(15)9-10-7-5-4-6-8-10/h7,11H,3-6,8-9H2,1-2H3,(H,16,17). The summed E-state index contributed by atoms with van der Waals surface area (Å²) in [6.07, 6.45) is 7.29. The number of carbonyl (C=O) groups excluding carboxylic acids is 1. The monoisotopic (exact) mass is 239 g/mol. The Morgan fingerprint density at radius 2 is 2.18 bits per heavy atom.